The van der Waals surface area contributed by atoms with E-state index in [9.17, 15) is 9.59 Å². The maximum atomic E-state index is 12.9. The summed E-state index contributed by atoms with van der Waals surface area (Å²) in [5.74, 6) is 0.365. The Morgan fingerprint density at radius 3 is 2.22 bits per heavy atom. The number of hydrogen-bond acceptors (Lipinski definition) is 4. The zero-order valence-corrected chi connectivity index (χ0v) is 17.8. The summed E-state index contributed by atoms with van der Waals surface area (Å²) in [6.45, 7) is 0. The van der Waals surface area contributed by atoms with Gasteiger partial charge in [0.05, 0.1) is 18.5 Å². The second-order valence-electron chi connectivity index (χ2n) is 7.70. The molecule has 1 aliphatic rings. The van der Waals surface area contributed by atoms with Crippen LogP contribution in [0.2, 0.25) is 0 Å². The summed E-state index contributed by atoms with van der Waals surface area (Å²) in [5.41, 5.74) is 9.65. The minimum atomic E-state index is -0.250. The Labute approximate surface area is 187 Å². The van der Waals surface area contributed by atoms with Gasteiger partial charge in [0.2, 0.25) is 0 Å². The van der Waals surface area contributed by atoms with Gasteiger partial charge in [0.1, 0.15) is 5.75 Å². The monoisotopic (exact) mass is 427 g/mol. The van der Waals surface area contributed by atoms with Crippen molar-refractivity contribution in [2.45, 2.75) is 18.9 Å². The fraction of sp³-hybridized carbons (Fsp3) is 0.154. The molecule has 2 amide bonds. The second kappa shape index (κ2) is 9.39. The lowest BCUT2D eigenvalue weighted by Crippen LogP contribution is -2.26. The number of ether oxygens (including phenoxy) is 1. The molecule has 1 fully saturated rings. The molecule has 0 unspecified atom stereocenters. The van der Waals surface area contributed by atoms with Gasteiger partial charge >= 0.3 is 0 Å². The Morgan fingerprint density at radius 1 is 0.938 bits per heavy atom. The highest BCUT2D eigenvalue weighted by molar-refractivity contribution is 6.24. The summed E-state index contributed by atoms with van der Waals surface area (Å²) >= 11 is 0. The first-order valence-corrected chi connectivity index (χ1v) is 10.5. The van der Waals surface area contributed by atoms with Gasteiger partial charge in [-0.05, 0) is 66.4 Å². The molecule has 162 valence electrons. The van der Waals surface area contributed by atoms with E-state index in [1.54, 1.807) is 31.4 Å². The quantitative estimate of drug-likeness (QED) is 0.297. The van der Waals surface area contributed by atoms with Crippen LogP contribution in [0.25, 0.3) is 11.6 Å². The van der Waals surface area contributed by atoms with E-state index in [0.29, 0.717) is 22.5 Å². The number of nitrogen functional groups attached to an aromatic ring is 1. The molecular weight excluding hydrogens is 402 g/mol. The zero-order valence-electron chi connectivity index (χ0n) is 17.8. The first kappa shape index (κ1) is 21.2. The van der Waals surface area contributed by atoms with Gasteiger partial charge in [-0.1, -0.05) is 36.4 Å². The van der Waals surface area contributed by atoms with Crippen LogP contribution in [0.1, 0.15) is 34.3 Å². The highest BCUT2D eigenvalue weighted by Crippen LogP contribution is 2.25. The molecule has 32 heavy (non-hydrogen) atoms. The Hall–Kier alpha value is -4.06. The molecule has 3 aromatic carbocycles. The van der Waals surface area contributed by atoms with E-state index in [-0.39, 0.29) is 17.9 Å². The normalized spacial score (nSPS) is 13.3. The molecule has 0 aliphatic heterocycles. The summed E-state index contributed by atoms with van der Waals surface area (Å²) in [6.07, 6.45) is 3.85. The number of carbonyl (C=O) groups excluding carboxylic acids is 2. The summed E-state index contributed by atoms with van der Waals surface area (Å²) < 4.78 is 5.22. The molecule has 6 heteroatoms. The topological polar surface area (TPSA) is 93.4 Å². The summed E-state index contributed by atoms with van der Waals surface area (Å²) in [5, 5.41) is 5.86. The molecule has 1 saturated carbocycles. The van der Waals surface area contributed by atoms with Crippen LogP contribution in [0.4, 0.5) is 11.4 Å². The van der Waals surface area contributed by atoms with Crippen LogP contribution in [0, 0.1) is 0 Å². The molecule has 0 radical (unpaired) electrons. The van der Waals surface area contributed by atoms with Crippen molar-refractivity contribution >= 4 is 34.8 Å². The van der Waals surface area contributed by atoms with Crippen molar-refractivity contribution < 1.29 is 14.3 Å². The van der Waals surface area contributed by atoms with Crippen LogP contribution < -0.4 is 21.1 Å². The molecule has 4 rings (SSSR count). The van der Waals surface area contributed by atoms with Crippen LogP contribution >= 0.6 is 0 Å². The van der Waals surface area contributed by atoms with Crippen molar-refractivity contribution in [3.63, 3.8) is 0 Å². The number of methoxy groups -OCH3 is 1. The Balaban J connectivity index is 1.56. The molecule has 0 heterocycles. The molecular formula is C26H25N3O3. The molecule has 0 bridgehead atoms. The predicted molar refractivity (Wildman–Crippen MR) is 127 cm³/mol. The van der Waals surface area contributed by atoms with E-state index >= 15 is 0 Å². The van der Waals surface area contributed by atoms with Crippen molar-refractivity contribution in [2.24, 2.45) is 0 Å². The lowest BCUT2D eigenvalue weighted by molar-refractivity contribution is -0.115. The first-order chi connectivity index (χ1) is 15.5. The van der Waals surface area contributed by atoms with Crippen molar-refractivity contribution in [2.75, 3.05) is 18.2 Å². The predicted octanol–water partition coefficient (Wildman–Crippen LogP) is 4.35. The third-order valence-electron chi connectivity index (χ3n) is 5.25. The second-order valence-corrected chi connectivity index (χ2v) is 7.70. The average Bonchev–Trinajstić information content (AvgIpc) is 3.63. The van der Waals surface area contributed by atoms with Crippen molar-refractivity contribution in [3.8, 4) is 5.75 Å². The largest absolute Gasteiger partial charge is 0.497 e. The van der Waals surface area contributed by atoms with Crippen LogP contribution in [0.5, 0.6) is 5.75 Å². The third kappa shape index (κ3) is 5.16. The van der Waals surface area contributed by atoms with Crippen molar-refractivity contribution in [1.29, 1.82) is 0 Å². The van der Waals surface area contributed by atoms with Gasteiger partial charge in [0, 0.05) is 17.2 Å². The number of hydrogen-bond donors (Lipinski definition) is 3. The molecule has 1 aliphatic carbocycles. The number of amides is 2. The Morgan fingerprint density at radius 2 is 1.59 bits per heavy atom. The van der Waals surface area contributed by atoms with E-state index in [1.165, 1.54) is 0 Å². The van der Waals surface area contributed by atoms with Gasteiger partial charge in [0.15, 0.2) is 0 Å². The molecule has 0 aromatic heterocycles. The summed E-state index contributed by atoms with van der Waals surface area (Å²) in [7, 11) is 1.61. The number of para-hydroxylation sites is 2. The van der Waals surface area contributed by atoms with E-state index in [0.717, 1.165) is 29.7 Å². The number of anilines is 2. The molecule has 6 nitrogen and oxygen atoms in total. The third-order valence-corrected chi connectivity index (χ3v) is 5.25. The van der Waals surface area contributed by atoms with Crippen LogP contribution in [0.15, 0.2) is 72.8 Å². The van der Waals surface area contributed by atoms with Crippen LogP contribution in [0.3, 0.4) is 0 Å². The van der Waals surface area contributed by atoms with E-state index in [1.807, 2.05) is 54.6 Å². The van der Waals surface area contributed by atoms with Gasteiger partial charge in [-0.15, -0.1) is 0 Å². The average molecular weight is 428 g/mol. The molecule has 4 N–H and O–H groups in total. The Bertz CT molecular complexity index is 1150. The highest BCUT2D eigenvalue weighted by Gasteiger charge is 2.25. The smallest absolute Gasteiger partial charge is 0.255 e. The maximum absolute atomic E-state index is 12.9. The fourth-order valence-corrected chi connectivity index (χ4v) is 3.24. The molecule has 0 atom stereocenters. The van der Waals surface area contributed by atoms with Crippen molar-refractivity contribution in [3.05, 3.63) is 89.5 Å². The van der Waals surface area contributed by atoms with Gasteiger partial charge in [0.25, 0.3) is 11.8 Å². The fourth-order valence-electron chi connectivity index (χ4n) is 3.24. The number of carbonyl (C=O) groups is 2. The van der Waals surface area contributed by atoms with E-state index < -0.39 is 0 Å². The summed E-state index contributed by atoms with van der Waals surface area (Å²) in [6, 6.07) is 21.8. The van der Waals surface area contributed by atoms with Gasteiger partial charge in [-0.3, -0.25) is 9.59 Å². The molecule has 0 saturated heterocycles. The number of nitrogens with two attached hydrogens (primary N) is 1. The highest BCUT2D eigenvalue weighted by atomic mass is 16.5. The standard InChI is InChI=1S/C26H25N3O3/c1-32-21-14-10-18(11-15-21)22(26(31)28-20-12-13-20)16-17-6-8-19(9-7-17)25(30)29-24-5-3-2-4-23(24)27/h2-11,14-16,20H,12-13,27H2,1H3,(H,28,31)(H,29,30). The van der Waals surface area contributed by atoms with Crippen LogP contribution in [-0.4, -0.2) is 25.0 Å². The number of rotatable bonds is 7. The minimum absolute atomic E-state index is 0.112. The van der Waals surface area contributed by atoms with Crippen LogP contribution in [-0.2, 0) is 4.79 Å². The lowest BCUT2D eigenvalue weighted by Gasteiger charge is -2.11. The first-order valence-electron chi connectivity index (χ1n) is 10.5. The van der Waals surface area contributed by atoms with Gasteiger partial charge in [-0.2, -0.15) is 0 Å². The Kier molecular flexibility index (Phi) is 6.22. The van der Waals surface area contributed by atoms with E-state index in [2.05, 4.69) is 10.6 Å². The van der Waals surface area contributed by atoms with Crippen molar-refractivity contribution in [1.82, 2.24) is 5.32 Å². The maximum Gasteiger partial charge on any atom is 0.255 e. The number of benzene rings is 3. The molecule has 3 aromatic rings. The minimum Gasteiger partial charge on any atom is -0.497 e. The van der Waals surface area contributed by atoms with E-state index in [4.69, 9.17) is 10.5 Å². The molecule has 0 spiro atoms. The van der Waals surface area contributed by atoms with Gasteiger partial charge in [-0.25, -0.2) is 0 Å². The number of nitrogens with one attached hydrogen (secondary N) is 2. The zero-order chi connectivity index (χ0) is 22.5. The lowest BCUT2D eigenvalue weighted by atomic mass is 10.0. The SMILES string of the molecule is COc1ccc(C(=Cc2ccc(C(=O)Nc3ccccc3N)cc2)C(=O)NC2CC2)cc1. The van der Waals surface area contributed by atoms with Gasteiger partial charge < -0.3 is 21.1 Å². The summed E-state index contributed by atoms with van der Waals surface area (Å²) in [4.78, 5) is 25.4.